The van der Waals surface area contributed by atoms with Gasteiger partial charge in [0.15, 0.2) is 0 Å². The Morgan fingerprint density at radius 2 is 2.06 bits per heavy atom. The van der Waals surface area contributed by atoms with Crippen LogP contribution in [0.2, 0.25) is 0 Å². The molecule has 1 fully saturated rings. The summed E-state index contributed by atoms with van der Waals surface area (Å²) in [5, 5.41) is 2.77. The SMILES string of the molecule is CN1CCN(C)C(CNC(=O)C(N)CC(N)=O)C1. The van der Waals surface area contributed by atoms with Crippen LogP contribution in [0.4, 0.5) is 0 Å². The molecule has 7 nitrogen and oxygen atoms in total. The van der Waals surface area contributed by atoms with Gasteiger partial charge in [-0.05, 0) is 14.1 Å². The van der Waals surface area contributed by atoms with Crippen LogP contribution in [0.15, 0.2) is 0 Å². The van der Waals surface area contributed by atoms with E-state index in [4.69, 9.17) is 11.5 Å². The topological polar surface area (TPSA) is 105 Å². The van der Waals surface area contributed by atoms with Gasteiger partial charge in [0, 0.05) is 32.2 Å². The average molecular weight is 257 g/mol. The summed E-state index contributed by atoms with van der Waals surface area (Å²) in [5.74, 6) is -0.886. The average Bonchev–Trinajstić information content (AvgIpc) is 2.29. The van der Waals surface area contributed by atoms with Crippen LogP contribution in [0.25, 0.3) is 0 Å². The summed E-state index contributed by atoms with van der Waals surface area (Å²) < 4.78 is 0. The number of likely N-dealkylation sites (N-methyl/N-ethyl adjacent to an activating group) is 2. The molecule has 1 aliphatic heterocycles. The molecule has 0 spiro atoms. The van der Waals surface area contributed by atoms with Crippen molar-refractivity contribution in [1.29, 1.82) is 0 Å². The zero-order chi connectivity index (χ0) is 13.7. The van der Waals surface area contributed by atoms with Crippen LogP contribution in [-0.2, 0) is 9.59 Å². The fourth-order valence-corrected chi connectivity index (χ4v) is 1.98. The van der Waals surface area contributed by atoms with Crippen molar-refractivity contribution in [3.8, 4) is 0 Å². The number of hydrogen-bond donors (Lipinski definition) is 3. The highest BCUT2D eigenvalue weighted by Crippen LogP contribution is 2.04. The Morgan fingerprint density at radius 1 is 1.39 bits per heavy atom. The Balaban J connectivity index is 2.34. The molecule has 0 aliphatic carbocycles. The molecule has 0 aromatic heterocycles. The number of carbonyl (C=O) groups excluding carboxylic acids is 2. The largest absolute Gasteiger partial charge is 0.370 e. The van der Waals surface area contributed by atoms with Gasteiger partial charge in [-0.1, -0.05) is 0 Å². The monoisotopic (exact) mass is 257 g/mol. The Hall–Kier alpha value is -1.18. The van der Waals surface area contributed by atoms with E-state index in [2.05, 4.69) is 22.2 Å². The van der Waals surface area contributed by atoms with Crippen LogP contribution in [0.3, 0.4) is 0 Å². The second kappa shape index (κ2) is 6.67. The summed E-state index contributed by atoms with van der Waals surface area (Å²) in [6.45, 7) is 3.44. The van der Waals surface area contributed by atoms with Gasteiger partial charge in [-0.15, -0.1) is 0 Å². The molecular weight excluding hydrogens is 234 g/mol. The van der Waals surface area contributed by atoms with E-state index >= 15 is 0 Å². The second-order valence-corrected chi connectivity index (χ2v) is 4.92. The van der Waals surface area contributed by atoms with Gasteiger partial charge in [0.25, 0.3) is 0 Å². The molecule has 2 amide bonds. The molecule has 0 bridgehead atoms. The van der Waals surface area contributed by atoms with Crippen LogP contribution in [0, 0.1) is 0 Å². The number of piperazine rings is 1. The summed E-state index contributed by atoms with van der Waals surface area (Å²) in [6, 6.07) is -0.581. The zero-order valence-electron chi connectivity index (χ0n) is 11.1. The van der Waals surface area contributed by atoms with Gasteiger partial charge in [0.2, 0.25) is 11.8 Å². The molecule has 1 aliphatic rings. The quantitative estimate of drug-likeness (QED) is 0.507. The fourth-order valence-electron chi connectivity index (χ4n) is 1.98. The van der Waals surface area contributed by atoms with Crippen molar-refractivity contribution < 1.29 is 9.59 Å². The first kappa shape index (κ1) is 14.9. The molecule has 1 rings (SSSR count). The number of carbonyl (C=O) groups is 2. The van der Waals surface area contributed by atoms with Crippen LogP contribution >= 0.6 is 0 Å². The summed E-state index contributed by atoms with van der Waals surface area (Å²) >= 11 is 0. The number of amides is 2. The van der Waals surface area contributed by atoms with Crippen molar-refractivity contribution in [3.05, 3.63) is 0 Å². The van der Waals surface area contributed by atoms with E-state index in [0.717, 1.165) is 19.6 Å². The third-order valence-electron chi connectivity index (χ3n) is 3.25. The zero-order valence-corrected chi connectivity index (χ0v) is 11.1. The number of rotatable bonds is 5. The lowest BCUT2D eigenvalue weighted by Gasteiger charge is -2.37. The van der Waals surface area contributed by atoms with E-state index in [1.165, 1.54) is 0 Å². The molecule has 0 radical (unpaired) electrons. The van der Waals surface area contributed by atoms with Crippen LogP contribution < -0.4 is 16.8 Å². The van der Waals surface area contributed by atoms with E-state index in [0.29, 0.717) is 6.54 Å². The maximum absolute atomic E-state index is 11.6. The van der Waals surface area contributed by atoms with Crippen molar-refractivity contribution in [1.82, 2.24) is 15.1 Å². The Kier molecular flexibility index (Phi) is 5.52. The van der Waals surface area contributed by atoms with E-state index < -0.39 is 11.9 Å². The normalized spacial score (nSPS) is 23.6. The van der Waals surface area contributed by atoms with E-state index in [-0.39, 0.29) is 18.4 Å². The summed E-state index contributed by atoms with van der Waals surface area (Å²) in [7, 11) is 4.09. The van der Waals surface area contributed by atoms with Gasteiger partial charge in [0.05, 0.1) is 12.5 Å². The van der Waals surface area contributed by atoms with Gasteiger partial charge in [0.1, 0.15) is 0 Å². The van der Waals surface area contributed by atoms with Gasteiger partial charge in [-0.3, -0.25) is 14.5 Å². The van der Waals surface area contributed by atoms with Crippen molar-refractivity contribution >= 4 is 11.8 Å². The maximum Gasteiger partial charge on any atom is 0.237 e. The van der Waals surface area contributed by atoms with Crippen molar-refractivity contribution in [2.75, 3.05) is 40.3 Å². The van der Waals surface area contributed by atoms with E-state index in [1.807, 2.05) is 7.05 Å². The smallest absolute Gasteiger partial charge is 0.237 e. The lowest BCUT2D eigenvalue weighted by atomic mass is 10.1. The highest BCUT2D eigenvalue weighted by Gasteiger charge is 2.23. The minimum atomic E-state index is -0.853. The summed E-state index contributed by atoms with van der Waals surface area (Å²) in [5.41, 5.74) is 10.6. The van der Waals surface area contributed by atoms with E-state index in [9.17, 15) is 9.59 Å². The third-order valence-corrected chi connectivity index (χ3v) is 3.25. The van der Waals surface area contributed by atoms with Gasteiger partial charge >= 0.3 is 0 Å². The van der Waals surface area contributed by atoms with Gasteiger partial charge < -0.3 is 21.7 Å². The molecule has 0 saturated carbocycles. The number of nitrogens with zero attached hydrogens (tertiary/aromatic N) is 2. The first-order valence-corrected chi connectivity index (χ1v) is 6.10. The molecule has 104 valence electrons. The molecular formula is C11H23N5O2. The van der Waals surface area contributed by atoms with Gasteiger partial charge in [-0.2, -0.15) is 0 Å². The molecule has 1 saturated heterocycles. The maximum atomic E-state index is 11.6. The number of primary amides is 1. The van der Waals surface area contributed by atoms with Crippen LogP contribution in [-0.4, -0.2) is 74.0 Å². The minimum absolute atomic E-state index is 0.119. The highest BCUT2D eigenvalue weighted by molar-refractivity contribution is 5.87. The van der Waals surface area contributed by atoms with Crippen LogP contribution in [0.5, 0.6) is 0 Å². The molecule has 5 N–H and O–H groups in total. The highest BCUT2D eigenvalue weighted by atomic mass is 16.2. The van der Waals surface area contributed by atoms with E-state index in [1.54, 1.807) is 0 Å². The molecule has 2 unspecified atom stereocenters. The van der Waals surface area contributed by atoms with Crippen LogP contribution in [0.1, 0.15) is 6.42 Å². The van der Waals surface area contributed by atoms with Crippen molar-refractivity contribution in [2.24, 2.45) is 11.5 Å². The fraction of sp³-hybridized carbons (Fsp3) is 0.818. The summed E-state index contributed by atoms with van der Waals surface area (Å²) in [4.78, 5) is 26.7. The lowest BCUT2D eigenvalue weighted by Crippen LogP contribution is -2.55. The predicted molar refractivity (Wildman–Crippen MR) is 68.7 cm³/mol. The van der Waals surface area contributed by atoms with Crippen molar-refractivity contribution in [3.63, 3.8) is 0 Å². The predicted octanol–water partition coefficient (Wildman–Crippen LogP) is -2.45. The molecule has 2 atom stereocenters. The number of nitrogens with two attached hydrogens (primary N) is 2. The Morgan fingerprint density at radius 3 is 2.67 bits per heavy atom. The second-order valence-electron chi connectivity index (χ2n) is 4.92. The number of nitrogens with one attached hydrogen (secondary N) is 1. The molecule has 7 heteroatoms. The Labute approximate surface area is 107 Å². The first-order valence-electron chi connectivity index (χ1n) is 6.10. The standard InChI is InChI=1S/C11H23N5O2/c1-15-3-4-16(2)8(7-15)6-14-11(18)9(12)5-10(13)17/h8-9H,3-7,12H2,1-2H3,(H2,13,17)(H,14,18). The third kappa shape index (κ3) is 4.59. The van der Waals surface area contributed by atoms with Gasteiger partial charge in [-0.25, -0.2) is 0 Å². The molecule has 18 heavy (non-hydrogen) atoms. The minimum Gasteiger partial charge on any atom is -0.370 e. The lowest BCUT2D eigenvalue weighted by molar-refractivity contribution is -0.126. The molecule has 0 aromatic carbocycles. The first-order chi connectivity index (χ1) is 8.40. The summed E-state index contributed by atoms with van der Waals surface area (Å²) in [6.07, 6.45) is -0.119. The Bertz CT molecular complexity index is 310. The molecule has 1 heterocycles. The number of hydrogen-bond acceptors (Lipinski definition) is 5. The van der Waals surface area contributed by atoms with Crippen molar-refractivity contribution in [2.45, 2.75) is 18.5 Å². The molecule has 0 aromatic rings.